The maximum absolute atomic E-state index is 12.4. The molecule has 4 aromatic rings. The van der Waals surface area contributed by atoms with Gasteiger partial charge in [0.15, 0.2) is 5.82 Å². The fraction of sp³-hybridized carbons (Fsp3) is 0.174. The van der Waals surface area contributed by atoms with Gasteiger partial charge in [-0.25, -0.2) is 28.5 Å². The number of benzene rings is 2. The molecule has 0 saturated heterocycles. The summed E-state index contributed by atoms with van der Waals surface area (Å²) in [5, 5.41) is 8.75. The molecule has 10 nitrogen and oxygen atoms in total. The molecule has 0 unspecified atom stereocenters. The number of pyridine rings is 1. The van der Waals surface area contributed by atoms with E-state index in [0.29, 0.717) is 39.9 Å². The highest BCUT2D eigenvalue weighted by molar-refractivity contribution is 7.89. The van der Waals surface area contributed by atoms with E-state index >= 15 is 0 Å². The van der Waals surface area contributed by atoms with Gasteiger partial charge in [-0.1, -0.05) is 12.1 Å². The standard InChI is InChI=1S/C23H24N6O4S/c1-29(2)20-10-9-19(34(24,30)31)21(28-20)22-23(27-18-8-6-5-7-17(18)26-22)25-14-11-15(32-3)13-16(12-14)33-4/h5-13H,1-4H3,(H,25,27)(H2,24,30,31). The molecular formula is C23H24N6O4S. The van der Waals surface area contributed by atoms with E-state index in [1.54, 1.807) is 63.5 Å². The SMILES string of the molecule is COc1cc(Nc2nc3ccccc3nc2-c2nc(N(C)C)ccc2S(N)(=O)=O)cc(OC)c1. The number of rotatable bonds is 7. The van der Waals surface area contributed by atoms with Crippen LogP contribution >= 0.6 is 0 Å². The summed E-state index contributed by atoms with van der Waals surface area (Å²) in [5.41, 5.74) is 2.11. The van der Waals surface area contributed by atoms with E-state index in [-0.39, 0.29) is 16.3 Å². The molecular weight excluding hydrogens is 456 g/mol. The molecule has 0 aliphatic carbocycles. The molecule has 2 aromatic heterocycles. The Bertz CT molecular complexity index is 1450. The first-order valence-corrected chi connectivity index (χ1v) is 11.7. The van der Waals surface area contributed by atoms with Gasteiger partial charge < -0.3 is 19.7 Å². The highest BCUT2D eigenvalue weighted by Crippen LogP contribution is 2.35. The van der Waals surface area contributed by atoms with Gasteiger partial charge in [0.2, 0.25) is 10.0 Å². The molecule has 0 bridgehead atoms. The van der Waals surface area contributed by atoms with Gasteiger partial charge >= 0.3 is 0 Å². The largest absolute Gasteiger partial charge is 0.497 e. The summed E-state index contributed by atoms with van der Waals surface area (Å²) in [6.07, 6.45) is 0. The molecule has 0 spiro atoms. The van der Waals surface area contributed by atoms with Crippen molar-refractivity contribution in [2.45, 2.75) is 4.90 Å². The molecule has 0 atom stereocenters. The van der Waals surface area contributed by atoms with Gasteiger partial charge in [0.05, 0.1) is 25.3 Å². The summed E-state index contributed by atoms with van der Waals surface area (Å²) in [4.78, 5) is 15.6. The van der Waals surface area contributed by atoms with Crippen molar-refractivity contribution in [3.63, 3.8) is 0 Å². The number of nitrogens with zero attached hydrogens (tertiary/aromatic N) is 4. The Morgan fingerprint density at radius 1 is 0.853 bits per heavy atom. The van der Waals surface area contributed by atoms with Gasteiger partial charge in [-0.05, 0) is 24.3 Å². The highest BCUT2D eigenvalue weighted by atomic mass is 32.2. The zero-order valence-electron chi connectivity index (χ0n) is 19.1. The van der Waals surface area contributed by atoms with Gasteiger partial charge in [-0.15, -0.1) is 0 Å². The Morgan fingerprint density at radius 3 is 2.03 bits per heavy atom. The molecule has 0 aliphatic rings. The van der Waals surface area contributed by atoms with Crippen molar-refractivity contribution >= 4 is 38.4 Å². The average Bonchev–Trinajstić information content (AvgIpc) is 2.82. The highest BCUT2D eigenvalue weighted by Gasteiger charge is 2.23. The van der Waals surface area contributed by atoms with Gasteiger partial charge in [0.1, 0.15) is 33.6 Å². The Balaban J connectivity index is 1.99. The van der Waals surface area contributed by atoms with E-state index in [1.807, 2.05) is 18.2 Å². The van der Waals surface area contributed by atoms with Crippen molar-refractivity contribution in [3.05, 3.63) is 54.6 Å². The second kappa shape index (κ2) is 9.12. The molecule has 3 N–H and O–H groups in total. The van der Waals surface area contributed by atoms with E-state index in [1.165, 1.54) is 6.07 Å². The van der Waals surface area contributed by atoms with E-state index in [0.717, 1.165) is 0 Å². The van der Waals surface area contributed by atoms with Crippen LogP contribution in [0.25, 0.3) is 22.4 Å². The fourth-order valence-corrected chi connectivity index (χ4v) is 4.02. The van der Waals surface area contributed by atoms with E-state index in [4.69, 9.17) is 24.6 Å². The number of nitrogens with two attached hydrogens (primary N) is 1. The molecule has 2 heterocycles. The predicted molar refractivity (Wildman–Crippen MR) is 131 cm³/mol. The van der Waals surface area contributed by atoms with Crippen molar-refractivity contribution in [1.82, 2.24) is 15.0 Å². The van der Waals surface area contributed by atoms with Gasteiger partial charge in [0, 0.05) is 38.0 Å². The van der Waals surface area contributed by atoms with Crippen molar-refractivity contribution in [2.24, 2.45) is 5.14 Å². The van der Waals surface area contributed by atoms with E-state index in [2.05, 4.69) is 10.3 Å². The van der Waals surface area contributed by atoms with Crippen LogP contribution in [0.2, 0.25) is 0 Å². The first-order valence-electron chi connectivity index (χ1n) is 10.2. The lowest BCUT2D eigenvalue weighted by molar-refractivity contribution is 0.395. The second-order valence-corrected chi connectivity index (χ2v) is 9.12. The van der Waals surface area contributed by atoms with Crippen LogP contribution in [0.1, 0.15) is 0 Å². The van der Waals surface area contributed by atoms with Crippen LogP contribution in [-0.4, -0.2) is 51.7 Å². The molecule has 0 amide bonds. The fourth-order valence-electron chi connectivity index (χ4n) is 3.35. The topological polar surface area (TPSA) is 133 Å². The summed E-state index contributed by atoms with van der Waals surface area (Å²) < 4.78 is 35.6. The smallest absolute Gasteiger partial charge is 0.240 e. The number of nitrogens with one attached hydrogen (secondary N) is 1. The van der Waals surface area contributed by atoms with Crippen molar-refractivity contribution in [2.75, 3.05) is 38.5 Å². The number of para-hydroxylation sites is 2. The maximum atomic E-state index is 12.4. The summed E-state index contributed by atoms with van der Waals surface area (Å²) in [6, 6.07) is 15.5. The van der Waals surface area contributed by atoms with Crippen LogP contribution in [0.4, 0.5) is 17.3 Å². The molecule has 2 aromatic carbocycles. The second-order valence-electron chi connectivity index (χ2n) is 7.59. The minimum atomic E-state index is -4.10. The normalized spacial score (nSPS) is 11.3. The lowest BCUT2D eigenvalue weighted by atomic mass is 10.2. The molecule has 0 radical (unpaired) electrons. The third-order valence-electron chi connectivity index (χ3n) is 5.02. The molecule has 34 heavy (non-hydrogen) atoms. The Hall–Kier alpha value is -3.96. The Kier molecular flexibility index (Phi) is 6.22. The van der Waals surface area contributed by atoms with Crippen LogP contribution < -0.4 is 24.8 Å². The number of hydrogen-bond acceptors (Lipinski definition) is 9. The number of anilines is 3. The van der Waals surface area contributed by atoms with Crippen LogP contribution in [0, 0.1) is 0 Å². The molecule has 11 heteroatoms. The molecule has 4 rings (SSSR count). The number of primary sulfonamides is 1. The summed E-state index contributed by atoms with van der Waals surface area (Å²) in [7, 11) is 2.60. The third-order valence-corrected chi connectivity index (χ3v) is 5.96. The number of ether oxygens (including phenoxy) is 2. The van der Waals surface area contributed by atoms with Crippen molar-refractivity contribution in [3.8, 4) is 22.9 Å². The monoisotopic (exact) mass is 480 g/mol. The Morgan fingerprint density at radius 2 is 1.47 bits per heavy atom. The maximum Gasteiger partial charge on any atom is 0.240 e. The van der Waals surface area contributed by atoms with Crippen LogP contribution in [0.3, 0.4) is 0 Å². The molecule has 0 fully saturated rings. The van der Waals surface area contributed by atoms with E-state index in [9.17, 15) is 8.42 Å². The molecule has 176 valence electrons. The van der Waals surface area contributed by atoms with Gasteiger partial charge in [-0.2, -0.15) is 0 Å². The minimum Gasteiger partial charge on any atom is -0.497 e. The summed E-state index contributed by atoms with van der Waals surface area (Å²) >= 11 is 0. The predicted octanol–water partition coefficient (Wildman–Crippen LogP) is 3.17. The Labute approximate surface area is 197 Å². The molecule has 0 saturated carbocycles. The van der Waals surface area contributed by atoms with Gasteiger partial charge in [0.25, 0.3) is 0 Å². The quantitative estimate of drug-likeness (QED) is 0.409. The zero-order chi connectivity index (χ0) is 24.5. The first-order chi connectivity index (χ1) is 16.2. The van der Waals surface area contributed by atoms with Crippen molar-refractivity contribution in [1.29, 1.82) is 0 Å². The number of aromatic nitrogens is 3. The number of sulfonamides is 1. The van der Waals surface area contributed by atoms with Crippen LogP contribution in [0.5, 0.6) is 11.5 Å². The lowest BCUT2D eigenvalue weighted by Gasteiger charge is -2.17. The minimum absolute atomic E-state index is 0.0873. The van der Waals surface area contributed by atoms with E-state index < -0.39 is 10.0 Å². The third kappa shape index (κ3) is 4.70. The number of methoxy groups -OCH3 is 2. The molecule has 0 aliphatic heterocycles. The van der Waals surface area contributed by atoms with Gasteiger partial charge in [-0.3, -0.25) is 0 Å². The van der Waals surface area contributed by atoms with Crippen LogP contribution in [0.15, 0.2) is 59.5 Å². The van der Waals surface area contributed by atoms with Crippen LogP contribution in [-0.2, 0) is 10.0 Å². The zero-order valence-corrected chi connectivity index (χ0v) is 19.9. The average molecular weight is 481 g/mol. The van der Waals surface area contributed by atoms with Crippen molar-refractivity contribution < 1.29 is 17.9 Å². The summed E-state index contributed by atoms with van der Waals surface area (Å²) in [6.45, 7) is 0. The number of hydrogen-bond donors (Lipinski definition) is 2. The number of fused-ring (bicyclic) bond motifs is 1. The summed E-state index contributed by atoms with van der Waals surface area (Å²) in [5.74, 6) is 1.96. The first kappa shape index (κ1) is 23.2. The lowest BCUT2D eigenvalue weighted by Crippen LogP contribution is -2.17.